The number of nitrogens with one attached hydrogen (secondary N) is 1. The van der Waals surface area contributed by atoms with Crippen molar-refractivity contribution in [1.29, 1.82) is 0 Å². The summed E-state index contributed by atoms with van der Waals surface area (Å²) in [4.78, 5) is 26.9. The Hall–Kier alpha value is -2.91. The van der Waals surface area contributed by atoms with E-state index in [-0.39, 0.29) is 23.7 Å². The third-order valence-electron chi connectivity index (χ3n) is 5.61. The van der Waals surface area contributed by atoms with Gasteiger partial charge in [-0.05, 0) is 50.7 Å². The van der Waals surface area contributed by atoms with Gasteiger partial charge in [-0.15, -0.1) is 28.1 Å². The lowest BCUT2D eigenvalue weighted by Gasteiger charge is -2.14. The van der Waals surface area contributed by atoms with Crippen molar-refractivity contribution in [3.63, 3.8) is 0 Å². The average molecular weight is 511 g/mol. The quantitative estimate of drug-likeness (QED) is 0.227. The number of hydrogen-bond donors (Lipinski definition) is 1. The van der Waals surface area contributed by atoms with Gasteiger partial charge in [0.2, 0.25) is 5.91 Å². The van der Waals surface area contributed by atoms with Gasteiger partial charge < -0.3 is 14.6 Å². The summed E-state index contributed by atoms with van der Waals surface area (Å²) in [5.74, 6) is 0.425. The second kappa shape index (κ2) is 11.7. The Kier molecular flexibility index (Phi) is 8.41. The summed E-state index contributed by atoms with van der Waals surface area (Å²) in [5.41, 5.74) is 2.70. The standard InChI is InChI=1S/C26H30N4O3S2/c1-4-14-30-21(15-18-10-6-5-7-11-18)28-29-26(30)34-16-22(31)27-24-23(25(32)33-17(2)3)19-12-8-9-13-20(19)35-24/h4-7,10-11,17H,1,8-9,12-16H2,2-3H3,(H,27,31). The molecular weight excluding hydrogens is 480 g/mol. The van der Waals surface area contributed by atoms with E-state index in [9.17, 15) is 9.59 Å². The van der Waals surface area contributed by atoms with Crippen LogP contribution in [0.2, 0.25) is 0 Å². The van der Waals surface area contributed by atoms with Gasteiger partial charge in [-0.1, -0.05) is 48.2 Å². The Morgan fingerprint density at radius 1 is 1.23 bits per heavy atom. The van der Waals surface area contributed by atoms with Crippen molar-refractivity contribution in [2.75, 3.05) is 11.1 Å². The summed E-state index contributed by atoms with van der Waals surface area (Å²) in [6.07, 6.45) is 6.14. The maximum absolute atomic E-state index is 12.9. The van der Waals surface area contributed by atoms with Gasteiger partial charge in [0.05, 0.1) is 17.4 Å². The third kappa shape index (κ3) is 6.21. The summed E-state index contributed by atoms with van der Waals surface area (Å²) in [6.45, 7) is 8.07. The molecule has 0 aliphatic heterocycles. The van der Waals surface area contributed by atoms with E-state index < -0.39 is 0 Å². The predicted molar refractivity (Wildman–Crippen MR) is 140 cm³/mol. The molecule has 0 spiro atoms. The number of amides is 1. The number of rotatable bonds is 10. The lowest BCUT2D eigenvalue weighted by atomic mass is 9.95. The van der Waals surface area contributed by atoms with Crippen LogP contribution in [0.3, 0.4) is 0 Å². The van der Waals surface area contributed by atoms with Gasteiger partial charge in [0.1, 0.15) is 10.8 Å². The van der Waals surface area contributed by atoms with Crippen LogP contribution >= 0.6 is 23.1 Å². The fourth-order valence-electron chi connectivity index (χ4n) is 4.08. The van der Waals surface area contributed by atoms with E-state index in [0.29, 0.717) is 28.7 Å². The number of aryl methyl sites for hydroxylation is 1. The van der Waals surface area contributed by atoms with Crippen molar-refractivity contribution in [2.45, 2.75) is 63.8 Å². The van der Waals surface area contributed by atoms with Crippen LogP contribution in [0.5, 0.6) is 0 Å². The molecule has 35 heavy (non-hydrogen) atoms. The second-order valence-electron chi connectivity index (χ2n) is 8.67. The number of thiophene rings is 1. The number of nitrogens with zero attached hydrogens (tertiary/aromatic N) is 3. The molecule has 0 bridgehead atoms. The van der Waals surface area contributed by atoms with Gasteiger partial charge in [-0.25, -0.2) is 4.79 Å². The minimum absolute atomic E-state index is 0.155. The van der Waals surface area contributed by atoms with Crippen molar-refractivity contribution in [2.24, 2.45) is 0 Å². The van der Waals surface area contributed by atoms with Crippen molar-refractivity contribution >= 4 is 40.0 Å². The first-order valence-electron chi connectivity index (χ1n) is 11.8. The molecule has 184 valence electrons. The highest BCUT2D eigenvalue weighted by molar-refractivity contribution is 7.99. The molecule has 0 saturated heterocycles. The lowest BCUT2D eigenvalue weighted by Crippen LogP contribution is -2.19. The number of benzene rings is 1. The normalized spacial score (nSPS) is 12.9. The van der Waals surface area contributed by atoms with Gasteiger partial charge >= 0.3 is 5.97 Å². The largest absolute Gasteiger partial charge is 0.459 e. The summed E-state index contributed by atoms with van der Waals surface area (Å²) in [5, 5.41) is 12.9. The lowest BCUT2D eigenvalue weighted by molar-refractivity contribution is -0.113. The molecule has 0 fully saturated rings. The number of esters is 1. The van der Waals surface area contributed by atoms with Gasteiger partial charge in [0, 0.05) is 17.8 Å². The van der Waals surface area contributed by atoms with E-state index in [1.807, 2.05) is 36.6 Å². The number of thioether (sulfide) groups is 1. The van der Waals surface area contributed by atoms with E-state index in [1.54, 1.807) is 6.08 Å². The van der Waals surface area contributed by atoms with Crippen LogP contribution in [0.4, 0.5) is 5.00 Å². The molecule has 2 heterocycles. The maximum Gasteiger partial charge on any atom is 0.341 e. The molecule has 4 rings (SSSR count). The molecule has 1 aliphatic rings. The Morgan fingerprint density at radius 2 is 2.00 bits per heavy atom. The minimum atomic E-state index is -0.362. The number of hydrogen-bond acceptors (Lipinski definition) is 7. The fourth-order valence-corrected chi connectivity index (χ4v) is 6.14. The Morgan fingerprint density at radius 3 is 2.74 bits per heavy atom. The molecule has 3 aromatic rings. The highest BCUT2D eigenvalue weighted by atomic mass is 32.2. The first kappa shape index (κ1) is 25.2. The van der Waals surface area contributed by atoms with Gasteiger partial charge in [0.15, 0.2) is 5.16 Å². The van der Waals surface area contributed by atoms with Crippen molar-refractivity contribution < 1.29 is 14.3 Å². The Bertz CT molecular complexity index is 1200. The minimum Gasteiger partial charge on any atom is -0.459 e. The zero-order valence-electron chi connectivity index (χ0n) is 20.1. The molecule has 1 N–H and O–H groups in total. The SMILES string of the molecule is C=CCn1c(Cc2ccccc2)nnc1SCC(=O)Nc1sc2c(c1C(=O)OC(C)C)CCCC2. The number of carbonyl (C=O) groups is 2. The van der Waals surface area contributed by atoms with Gasteiger partial charge in [0.25, 0.3) is 0 Å². The molecule has 2 aromatic heterocycles. The first-order valence-corrected chi connectivity index (χ1v) is 13.6. The Labute approximate surface area is 214 Å². The van der Waals surface area contributed by atoms with Crippen LogP contribution in [-0.2, 0) is 35.3 Å². The number of ether oxygens (including phenoxy) is 1. The number of allylic oxidation sites excluding steroid dienone is 1. The van der Waals surface area contributed by atoms with Crippen molar-refractivity contribution in [1.82, 2.24) is 14.8 Å². The average Bonchev–Trinajstić information content (AvgIpc) is 3.38. The maximum atomic E-state index is 12.9. The summed E-state index contributed by atoms with van der Waals surface area (Å²) < 4.78 is 7.47. The molecule has 9 heteroatoms. The first-order chi connectivity index (χ1) is 17.0. The summed E-state index contributed by atoms with van der Waals surface area (Å²) in [6, 6.07) is 10.1. The second-order valence-corrected chi connectivity index (χ2v) is 10.7. The molecule has 1 aliphatic carbocycles. The Balaban J connectivity index is 1.46. The molecule has 0 unspecified atom stereocenters. The monoisotopic (exact) mass is 510 g/mol. The van der Waals surface area contributed by atoms with Crippen LogP contribution < -0.4 is 5.32 Å². The number of aromatic nitrogens is 3. The van der Waals surface area contributed by atoms with E-state index in [1.165, 1.54) is 28.0 Å². The zero-order chi connectivity index (χ0) is 24.8. The van der Waals surface area contributed by atoms with E-state index >= 15 is 0 Å². The highest BCUT2D eigenvalue weighted by Gasteiger charge is 2.28. The number of fused-ring (bicyclic) bond motifs is 1. The number of carbonyl (C=O) groups excluding carboxylic acids is 2. The molecule has 0 radical (unpaired) electrons. The topological polar surface area (TPSA) is 86.1 Å². The summed E-state index contributed by atoms with van der Waals surface area (Å²) in [7, 11) is 0. The molecule has 0 saturated carbocycles. The smallest absolute Gasteiger partial charge is 0.341 e. The molecule has 0 atom stereocenters. The number of anilines is 1. The molecular formula is C26H30N4O3S2. The van der Waals surface area contributed by atoms with Crippen LogP contribution in [0.15, 0.2) is 48.1 Å². The van der Waals surface area contributed by atoms with Crippen LogP contribution in [0.1, 0.15) is 58.9 Å². The fraction of sp³-hybridized carbons (Fsp3) is 0.385. The van der Waals surface area contributed by atoms with Gasteiger partial charge in [-0.2, -0.15) is 0 Å². The van der Waals surface area contributed by atoms with Crippen LogP contribution in [0, 0.1) is 0 Å². The zero-order valence-corrected chi connectivity index (χ0v) is 21.7. The van der Waals surface area contributed by atoms with E-state index in [2.05, 4.69) is 34.2 Å². The molecule has 1 aromatic carbocycles. The molecule has 7 nitrogen and oxygen atoms in total. The summed E-state index contributed by atoms with van der Waals surface area (Å²) >= 11 is 2.82. The van der Waals surface area contributed by atoms with E-state index in [0.717, 1.165) is 42.6 Å². The van der Waals surface area contributed by atoms with Crippen LogP contribution in [0.25, 0.3) is 0 Å². The van der Waals surface area contributed by atoms with Gasteiger partial charge in [-0.3, -0.25) is 4.79 Å². The predicted octanol–water partition coefficient (Wildman–Crippen LogP) is 5.29. The highest BCUT2D eigenvalue weighted by Crippen LogP contribution is 2.39. The molecule has 1 amide bonds. The van der Waals surface area contributed by atoms with E-state index in [4.69, 9.17) is 4.74 Å². The van der Waals surface area contributed by atoms with Crippen molar-refractivity contribution in [3.05, 3.63) is 70.4 Å². The third-order valence-corrected chi connectivity index (χ3v) is 7.79. The van der Waals surface area contributed by atoms with Crippen LogP contribution in [-0.4, -0.2) is 38.5 Å². The van der Waals surface area contributed by atoms with Crippen molar-refractivity contribution in [3.8, 4) is 0 Å².